The van der Waals surface area contributed by atoms with Crippen molar-refractivity contribution in [1.29, 1.82) is 0 Å². The van der Waals surface area contributed by atoms with Crippen molar-refractivity contribution in [1.82, 2.24) is 5.32 Å². The van der Waals surface area contributed by atoms with Gasteiger partial charge in [-0.15, -0.1) is 0 Å². The minimum Gasteiger partial charge on any atom is -0.383 e. The van der Waals surface area contributed by atoms with Gasteiger partial charge < -0.3 is 10.1 Å². The average molecular weight is 147 g/mol. The fraction of sp³-hybridized carbons (Fsp3) is 1.00. The van der Waals surface area contributed by atoms with Gasteiger partial charge in [-0.2, -0.15) is 0 Å². The maximum absolute atomic E-state index is 4.94. The Labute approximate surface area is 65.0 Å². The summed E-state index contributed by atoms with van der Waals surface area (Å²) in [6.45, 7) is 8.94. The molecule has 0 aliphatic rings. The van der Waals surface area contributed by atoms with Gasteiger partial charge >= 0.3 is 0 Å². The monoisotopic (exact) mass is 147 g/mol. The second-order valence-electron chi connectivity index (χ2n) is 2.57. The molecule has 0 heterocycles. The van der Waals surface area contributed by atoms with E-state index in [1.165, 1.54) is 0 Å². The molecule has 0 unspecified atom stereocenters. The van der Waals surface area contributed by atoms with E-state index in [0.29, 0.717) is 0 Å². The van der Waals surface area contributed by atoms with Crippen LogP contribution in [0.25, 0.3) is 0 Å². The fourth-order valence-corrected chi connectivity index (χ4v) is 0.433. The van der Waals surface area contributed by atoms with Crippen molar-refractivity contribution in [2.45, 2.75) is 33.2 Å². The van der Waals surface area contributed by atoms with Crippen LogP contribution in [0.2, 0.25) is 0 Å². The summed E-state index contributed by atoms with van der Waals surface area (Å²) >= 11 is 0. The molecular weight excluding hydrogens is 126 g/mol. The van der Waals surface area contributed by atoms with Crippen molar-refractivity contribution < 1.29 is 4.74 Å². The van der Waals surface area contributed by atoms with Crippen molar-refractivity contribution in [3.63, 3.8) is 0 Å². The molecule has 0 bridgehead atoms. The zero-order valence-electron chi connectivity index (χ0n) is 8.12. The number of ether oxygens (including phenoxy) is 1. The van der Waals surface area contributed by atoms with Crippen molar-refractivity contribution in [3.8, 4) is 0 Å². The molecule has 2 heteroatoms. The smallest absolute Gasteiger partial charge is 0.0638 e. The van der Waals surface area contributed by atoms with Gasteiger partial charge in [0.2, 0.25) is 0 Å². The second-order valence-corrected chi connectivity index (χ2v) is 2.57. The Morgan fingerprint density at radius 1 is 1.30 bits per heavy atom. The van der Waals surface area contributed by atoms with Gasteiger partial charge in [-0.3, -0.25) is 0 Å². The highest BCUT2D eigenvalue weighted by molar-refractivity contribution is 4.73. The summed E-state index contributed by atoms with van der Waals surface area (Å²) in [4.78, 5) is 0. The van der Waals surface area contributed by atoms with Gasteiger partial charge in [-0.05, 0) is 20.9 Å². The summed E-state index contributed by atoms with van der Waals surface area (Å²) in [5, 5.41) is 3.12. The molecule has 10 heavy (non-hydrogen) atoms. The van der Waals surface area contributed by atoms with E-state index in [2.05, 4.69) is 19.2 Å². The Hall–Kier alpha value is -0.0800. The topological polar surface area (TPSA) is 21.3 Å². The molecule has 2 nitrogen and oxygen atoms in total. The predicted molar refractivity (Wildman–Crippen MR) is 46.4 cm³/mol. The van der Waals surface area contributed by atoms with E-state index in [1.807, 2.05) is 20.9 Å². The van der Waals surface area contributed by atoms with Gasteiger partial charge in [0, 0.05) is 12.6 Å². The van der Waals surface area contributed by atoms with Crippen LogP contribution >= 0.6 is 0 Å². The van der Waals surface area contributed by atoms with Gasteiger partial charge in [0.05, 0.1) is 6.61 Å². The van der Waals surface area contributed by atoms with E-state index in [1.54, 1.807) is 7.11 Å². The molecule has 0 amide bonds. The van der Waals surface area contributed by atoms with Crippen molar-refractivity contribution in [2.24, 2.45) is 0 Å². The van der Waals surface area contributed by atoms with Crippen LogP contribution < -0.4 is 5.32 Å². The zero-order valence-corrected chi connectivity index (χ0v) is 8.12. The lowest BCUT2D eigenvalue weighted by Gasteiger charge is -2.21. The summed E-state index contributed by atoms with van der Waals surface area (Å²) in [6, 6.07) is 0. The zero-order chi connectivity index (χ0) is 8.62. The lowest BCUT2D eigenvalue weighted by Crippen LogP contribution is -2.40. The third-order valence-electron chi connectivity index (χ3n) is 1.18. The Morgan fingerprint density at radius 3 is 1.80 bits per heavy atom. The van der Waals surface area contributed by atoms with Gasteiger partial charge in [-0.1, -0.05) is 13.8 Å². The van der Waals surface area contributed by atoms with Crippen LogP contribution in [-0.2, 0) is 4.74 Å². The second kappa shape index (κ2) is 7.03. The summed E-state index contributed by atoms with van der Waals surface area (Å²) < 4.78 is 4.94. The van der Waals surface area contributed by atoms with E-state index in [-0.39, 0.29) is 5.54 Å². The molecule has 1 N–H and O–H groups in total. The summed E-state index contributed by atoms with van der Waals surface area (Å²) in [5.74, 6) is 0. The molecule has 0 aromatic rings. The molecule has 0 aliphatic carbocycles. The number of hydrogen-bond donors (Lipinski definition) is 1. The van der Waals surface area contributed by atoms with Crippen LogP contribution in [0.4, 0.5) is 0 Å². The van der Waals surface area contributed by atoms with Crippen LogP contribution in [0.1, 0.15) is 27.7 Å². The highest BCUT2D eigenvalue weighted by Crippen LogP contribution is 1.98. The van der Waals surface area contributed by atoms with Crippen LogP contribution in [0, 0.1) is 0 Å². The molecule has 0 saturated heterocycles. The fourth-order valence-electron chi connectivity index (χ4n) is 0.433. The number of hydrogen-bond acceptors (Lipinski definition) is 2. The van der Waals surface area contributed by atoms with Crippen molar-refractivity contribution >= 4 is 0 Å². The van der Waals surface area contributed by atoms with Crippen LogP contribution in [-0.4, -0.2) is 26.3 Å². The van der Waals surface area contributed by atoms with Crippen LogP contribution in [0.3, 0.4) is 0 Å². The first kappa shape index (κ1) is 12.6. The maximum Gasteiger partial charge on any atom is 0.0638 e. The molecule has 0 spiro atoms. The number of rotatable bonds is 3. The first-order valence-electron chi connectivity index (χ1n) is 3.80. The van der Waals surface area contributed by atoms with E-state index in [4.69, 9.17) is 4.74 Å². The Bertz CT molecular complexity index is 62.3. The number of methoxy groups -OCH3 is 1. The van der Waals surface area contributed by atoms with Crippen LogP contribution in [0.15, 0.2) is 0 Å². The molecule has 0 saturated carbocycles. The Morgan fingerprint density at radius 2 is 1.70 bits per heavy atom. The molecule has 0 aromatic heterocycles. The SMILES string of the molecule is CC.CNC(C)(C)COC. The van der Waals surface area contributed by atoms with Gasteiger partial charge in [0.25, 0.3) is 0 Å². The molecule has 0 aromatic carbocycles. The Balaban J connectivity index is 0. The number of likely N-dealkylation sites (N-methyl/N-ethyl adjacent to an activating group) is 1. The van der Waals surface area contributed by atoms with E-state index < -0.39 is 0 Å². The molecule has 0 fully saturated rings. The van der Waals surface area contributed by atoms with Crippen LogP contribution in [0.5, 0.6) is 0 Å². The summed E-state index contributed by atoms with van der Waals surface area (Å²) in [6.07, 6.45) is 0. The van der Waals surface area contributed by atoms with Crippen molar-refractivity contribution in [3.05, 3.63) is 0 Å². The standard InChI is InChI=1S/C6H15NO.C2H6/c1-6(2,7-3)5-8-4;1-2/h7H,5H2,1-4H3;1-2H3. The molecular formula is C8H21NO. The molecule has 64 valence electrons. The first-order valence-corrected chi connectivity index (χ1v) is 3.80. The molecule has 0 radical (unpaired) electrons. The molecule has 0 rings (SSSR count). The average Bonchev–Trinajstić information content (AvgIpc) is 1.93. The summed E-state index contributed by atoms with van der Waals surface area (Å²) in [5.41, 5.74) is 0.120. The largest absolute Gasteiger partial charge is 0.383 e. The van der Waals surface area contributed by atoms with Crippen molar-refractivity contribution in [2.75, 3.05) is 20.8 Å². The highest BCUT2D eigenvalue weighted by Gasteiger charge is 2.12. The third-order valence-corrected chi connectivity index (χ3v) is 1.18. The molecule has 0 aliphatic heterocycles. The lowest BCUT2D eigenvalue weighted by molar-refractivity contribution is 0.133. The normalized spacial score (nSPS) is 10.2. The van der Waals surface area contributed by atoms with E-state index in [9.17, 15) is 0 Å². The van der Waals surface area contributed by atoms with Gasteiger partial charge in [0.15, 0.2) is 0 Å². The van der Waals surface area contributed by atoms with Gasteiger partial charge in [-0.25, -0.2) is 0 Å². The van der Waals surface area contributed by atoms with Gasteiger partial charge in [0.1, 0.15) is 0 Å². The maximum atomic E-state index is 4.94. The quantitative estimate of drug-likeness (QED) is 0.655. The van der Waals surface area contributed by atoms with E-state index >= 15 is 0 Å². The lowest BCUT2D eigenvalue weighted by atomic mass is 10.1. The number of nitrogens with one attached hydrogen (secondary N) is 1. The van der Waals surface area contributed by atoms with E-state index in [0.717, 1.165) is 6.61 Å². The summed E-state index contributed by atoms with van der Waals surface area (Å²) in [7, 11) is 3.64. The highest BCUT2D eigenvalue weighted by atomic mass is 16.5. The Kier molecular flexibility index (Phi) is 8.85. The minimum atomic E-state index is 0.120. The first-order chi connectivity index (χ1) is 4.62. The molecule has 0 atom stereocenters. The third kappa shape index (κ3) is 7.92. The minimum absolute atomic E-state index is 0.120. The predicted octanol–water partition coefficient (Wildman–Crippen LogP) is 1.66.